The van der Waals surface area contributed by atoms with Gasteiger partial charge in [0.05, 0.1) is 0 Å². The Morgan fingerprint density at radius 1 is 1.21 bits per heavy atom. The lowest BCUT2D eigenvalue weighted by molar-refractivity contribution is -0.330. The molecule has 0 saturated heterocycles. The summed E-state index contributed by atoms with van der Waals surface area (Å²) in [6.07, 6.45) is 6.08. The summed E-state index contributed by atoms with van der Waals surface area (Å²) in [6, 6.07) is 0. The van der Waals surface area contributed by atoms with Crippen LogP contribution in [-0.4, -0.2) is 17.4 Å². The SMILES string of the molecule is CC[C@]12C[C@H]3C[C@](NC(C)=O)(C1)C[C@@](C(=O)[O-])(C3)C2. The van der Waals surface area contributed by atoms with Gasteiger partial charge >= 0.3 is 0 Å². The Bertz CT molecular complexity index is 449. The van der Waals surface area contributed by atoms with Gasteiger partial charge in [-0.15, -0.1) is 0 Å². The van der Waals surface area contributed by atoms with E-state index < -0.39 is 11.4 Å². The first kappa shape index (κ1) is 12.9. The molecular weight excluding hydrogens is 242 g/mol. The number of aliphatic carboxylic acids is 1. The maximum absolute atomic E-state index is 11.7. The van der Waals surface area contributed by atoms with E-state index in [4.69, 9.17) is 0 Å². The first-order valence-corrected chi connectivity index (χ1v) is 7.33. The van der Waals surface area contributed by atoms with E-state index in [0.29, 0.717) is 12.3 Å². The summed E-state index contributed by atoms with van der Waals surface area (Å²) in [5, 5.41) is 14.8. The number of hydrogen-bond acceptors (Lipinski definition) is 3. The highest BCUT2D eigenvalue weighted by Gasteiger charge is 2.63. The first-order valence-electron chi connectivity index (χ1n) is 7.33. The maximum atomic E-state index is 11.7. The molecule has 0 aromatic rings. The van der Waals surface area contributed by atoms with Crippen LogP contribution in [0.15, 0.2) is 0 Å². The Hall–Kier alpha value is -1.06. The lowest BCUT2D eigenvalue weighted by Gasteiger charge is -2.67. The summed E-state index contributed by atoms with van der Waals surface area (Å²) in [5.74, 6) is -0.508. The van der Waals surface area contributed by atoms with Crippen molar-refractivity contribution in [2.75, 3.05) is 0 Å². The van der Waals surface area contributed by atoms with Crippen molar-refractivity contribution in [1.82, 2.24) is 5.32 Å². The van der Waals surface area contributed by atoms with Crippen LogP contribution in [0.3, 0.4) is 0 Å². The highest BCUT2D eigenvalue weighted by molar-refractivity contribution is 5.76. The van der Waals surface area contributed by atoms with Gasteiger partial charge in [0.15, 0.2) is 0 Å². The van der Waals surface area contributed by atoms with Gasteiger partial charge in [0.2, 0.25) is 5.91 Å². The van der Waals surface area contributed by atoms with Crippen molar-refractivity contribution >= 4 is 11.9 Å². The first-order chi connectivity index (χ1) is 8.83. The smallest absolute Gasteiger partial charge is 0.217 e. The van der Waals surface area contributed by atoms with Crippen LogP contribution in [-0.2, 0) is 9.59 Å². The third kappa shape index (κ3) is 1.79. The minimum absolute atomic E-state index is 0.0401. The molecule has 0 aliphatic heterocycles. The van der Waals surface area contributed by atoms with Crippen molar-refractivity contribution in [3.8, 4) is 0 Å². The second kappa shape index (κ2) is 3.74. The zero-order valence-corrected chi connectivity index (χ0v) is 11.8. The molecule has 0 aromatic heterocycles. The second-order valence-electron chi connectivity index (χ2n) is 7.39. The van der Waals surface area contributed by atoms with E-state index in [1.165, 1.54) is 6.92 Å². The molecule has 4 rings (SSSR count). The molecule has 4 saturated carbocycles. The molecule has 4 atom stereocenters. The molecule has 1 N–H and O–H groups in total. The van der Waals surface area contributed by atoms with Gasteiger partial charge in [0.25, 0.3) is 0 Å². The molecule has 0 heterocycles. The normalized spacial score (nSPS) is 47.2. The lowest BCUT2D eigenvalue weighted by atomic mass is 9.41. The summed E-state index contributed by atoms with van der Waals surface area (Å²) in [7, 11) is 0. The molecule has 0 radical (unpaired) electrons. The zero-order valence-electron chi connectivity index (χ0n) is 11.8. The minimum Gasteiger partial charge on any atom is -0.550 e. The van der Waals surface area contributed by atoms with E-state index in [2.05, 4.69) is 12.2 Å². The molecule has 4 aliphatic carbocycles. The number of carboxylic acid groups (broad SMARTS) is 1. The Morgan fingerprint density at radius 3 is 2.53 bits per heavy atom. The Kier molecular flexibility index (Phi) is 2.55. The fourth-order valence-electron chi connectivity index (χ4n) is 5.77. The number of rotatable bonds is 3. The van der Waals surface area contributed by atoms with Gasteiger partial charge in [-0.3, -0.25) is 4.79 Å². The van der Waals surface area contributed by atoms with Crippen LogP contribution < -0.4 is 10.4 Å². The average molecular weight is 264 g/mol. The van der Waals surface area contributed by atoms with Crippen LogP contribution >= 0.6 is 0 Å². The molecule has 4 fully saturated rings. The summed E-state index contributed by atoms with van der Waals surface area (Å²) in [6.45, 7) is 3.68. The molecule has 106 valence electrons. The predicted octanol–water partition coefficient (Wildman–Crippen LogP) is 0.992. The topological polar surface area (TPSA) is 69.2 Å². The van der Waals surface area contributed by atoms with Gasteiger partial charge in [-0.2, -0.15) is 0 Å². The van der Waals surface area contributed by atoms with E-state index in [1.54, 1.807) is 0 Å². The highest BCUT2D eigenvalue weighted by Crippen LogP contribution is 2.67. The van der Waals surface area contributed by atoms with Crippen molar-refractivity contribution in [3.63, 3.8) is 0 Å². The van der Waals surface area contributed by atoms with E-state index in [-0.39, 0.29) is 16.9 Å². The molecule has 4 nitrogen and oxygen atoms in total. The number of carboxylic acids is 1. The lowest BCUT2D eigenvalue weighted by Crippen LogP contribution is -2.69. The van der Waals surface area contributed by atoms with Crippen molar-refractivity contribution in [2.45, 2.75) is 64.3 Å². The zero-order chi connectivity index (χ0) is 13.9. The molecule has 19 heavy (non-hydrogen) atoms. The summed E-state index contributed by atoms with van der Waals surface area (Å²) < 4.78 is 0. The van der Waals surface area contributed by atoms with Gasteiger partial charge in [0.1, 0.15) is 0 Å². The van der Waals surface area contributed by atoms with Crippen molar-refractivity contribution in [3.05, 3.63) is 0 Å². The Morgan fingerprint density at radius 2 is 1.95 bits per heavy atom. The molecule has 4 heteroatoms. The van der Waals surface area contributed by atoms with Crippen molar-refractivity contribution < 1.29 is 14.7 Å². The molecule has 0 spiro atoms. The van der Waals surface area contributed by atoms with E-state index in [9.17, 15) is 14.7 Å². The third-order valence-corrected chi connectivity index (χ3v) is 5.81. The van der Waals surface area contributed by atoms with Gasteiger partial charge < -0.3 is 15.2 Å². The number of carbonyl (C=O) groups excluding carboxylic acids is 2. The Balaban J connectivity index is 2.01. The van der Waals surface area contributed by atoms with Gasteiger partial charge in [-0.25, -0.2) is 0 Å². The molecule has 4 aliphatic rings. The van der Waals surface area contributed by atoms with Crippen LogP contribution in [0.2, 0.25) is 0 Å². The van der Waals surface area contributed by atoms with E-state index in [0.717, 1.165) is 38.5 Å². The second-order valence-corrected chi connectivity index (χ2v) is 7.39. The van der Waals surface area contributed by atoms with Gasteiger partial charge in [-0.05, 0) is 49.9 Å². The van der Waals surface area contributed by atoms with Crippen LogP contribution in [0.25, 0.3) is 0 Å². The quantitative estimate of drug-likeness (QED) is 0.826. The van der Waals surface area contributed by atoms with Crippen molar-refractivity contribution in [1.29, 1.82) is 0 Å². The van der Waals surface area contributed by atoms with Crippen LogP contribution in [0, 0.1) is 16.7 Å². The largest absolute Gasteiger partial charge is 0.550 e. The predicted molar refractivity (Wildman–Crippen MR) is 67.9 cm³/mol. The average Bonchev–Trinajstić information content (AvgIpc) is 2.25. The minimum atomic E-state index is -0.899. The third-order valence-electron chi connectivity index (χ3n) is 5.81. The highest BCUT2D eigenvalue weighted by atomic mass is 16.4. The van der Waals surface area contributed by atoms with Gasteiger partial charge in [0, 0.05) is 23.8 Å². The molecule has 1 amide bonds. The van der Waals surface area contributed by atoms with E-state index in [1.807, 2.05) is 0 Å². The van der Waals surface area contributed by atoms with Crippen LogP contribution in [0.5, 0.6) is 0 Å². The number of carbonyl (C=O) groups is 2. The Labute approximate surface area is 113 Å². The fourth-order valence-corrected chi connectivity index (χ4v) is 5.77. The van der Waals surface area contributed by atoms with Gasteiger partial charge in [-0.1, -0.05) is 13.3 Å². The van der Waals surface area contributed by atoms with E-state index >= 15 is 0 Å². The number of nitrogens with one attached hydrogen (secondary N) is 1. The monoisotopic (exact) mass is 264 g/mol. The number of hydrogen-bond donors (Lipinski definition) is 1. The standard InChI is InChI=1S/C15H23NO3/c1-3-13-4-11-5-14(7-13,12(18)19)9-15(6-11,8-13)16-10(2)17/h11H,3-9H2,1-2H3,(H,16,17)(H,18,19)/p-1/t11-,13-,14-,15+/m1/s1. The summed E-state index contributed by atoms with van der Waals surface area (Å²) in [5.41, 5.74) is -0.888. The summed E-state index contributed by atoms with van der Waals surface area (Å²) >= 11 is 0. The summed E-state index contributed by atoms with van der Waals surface area (Å²) in [4.78, 5) is 23.2. The maximum Gasteiger partial charge on any atom is 0.217 e. The van der Waals surface area contributed by atoms with Crippen LogP contribution in [0.1, 0.15) is 58.8 Å². The molecular formula is C15H22NO3-. The van der Waals surface area contributed by atoms with Crippen LogP contribution in [0.4, 0.5) is 0 Å². The fraction of sp³-hybridized carbons (Fsp3) is 0.867. The molecule has 0 unspecified atom stereocenters. The number of amides is 1. The molecule has 4 bridgehead atoms. The molecule has 0 aromatic carbocycles. The van der Waals surface area contributed by atoms with Crippen molar-refractivity contribution in [2.24, 2.45) is 16.7 Å².